The number of anilines is 1. The number of carbonyl (C=O) groups excluding carboxylic acids is 2. The predicted molar refractivity (Wildman–Crippen MR) is 133 cm³/mol. The number of rotatable bonds is 7. The van der Waals surface area contributed by atoms with Gasteiger partial charge in [0.15, 0.2) is 12.3 Å². The first kappa shape index (κ1) is 24.6. The lowest BCUT2D eigenvalue weighted by atomic mass is 10.2. The van der Waals surface area contributed by atoms with Crippen LogP contribution in [0.15, 0.2) is 52.7 Å². The highest BCUT2D eigenvalue weighted by Gasteiger charge is 2.21. The molecule has 1 saturated heterocycles. The Morgan fingerprint density at radius 1 is 1.11 bits per heavy atom. The molecule has 35 heavy (non-hydrogen) atoms. The largest absolute Gasteiger partial charge is 0.493 e. The molecule has 1 aliphatic heterocycles. The minimum atomic E-state index is -0.614. The third kappa shape index (κ3) is 6.16. The number of aromatic nitrogens is 1. The number of amides is 2. The Bertz CT molecular complexity index is 1250. The molecule has 1 aliphatic rings. The van der Waals surface area contributed by atoms with Crippen molar-refractivity contribution in [1.29, 1.82) is 0 Å². The Morgan fingerprint density at radius 2 is 1.83 bits per heavy atom. The molecular formula is C24H27ClN6O4. The van der Waals surface area contributed by atoms with Crippen molar-refractivity contribution in [3.05, 3.63) is 47.5 Å². The van der Waals surface area contributed by atoms with Crippen LogP contribution in [0, 0.1) is 0 Å². The average Bonchev–Trinajstić information content (AvgIpc) is 3.08. The lowest BCUT2D eigenvalue weighted by molar-refractivity contribution is -0.120. The van der Waals surface area contributed by atoms with E-state index < -0.39 is 5.91 Å². The molecule has 2 amide bonds. The average molecular weight is 499 g/mol. The van der Waals surface area contributed by atoms with Crippen molar-refractivity contribution < 1.29 is 19.4 Å². The molecule has 184 valence electrons. The van der Waals surface area contributed by atoms with E-state index >= 15 is 0 Å². The molecule has 10 nitrogen and oxygen atoms in total. The van der Waals surface area contributed by atoms with Crippen LogP contribution in [0.2, 0.25) is 5.02 Å². The predicted octanol–water partition coefficient (Wildman–Crippen LogP) is 3.85. The maximum absolute atomic E-state index is 12.3. The van der Waals surface area contributed by atoms with Crippen LogP contribution in [0.25, 0.3) is 10.9 Å². The van der Waals surface area contributed by atoms with Gasteiger partial charge in [0.05, 0.1) is 12.2 Å². The summed E-state index contributed by atoms with van der Waals surface area (Å²) in [5, 5.41) is 22.5. The number of piperazine rings is 1. The SMILES string of the molecule is CC(=O)Nc1ccc(OCC(=O)N=Nc2c(O)n(CN3CCN(C)CC3)c3ccc(Cl)cc23)cc1. The van der Waals surface area contributed by atoms with Crippen LogP contribution in [0.5, 0.6) is 11.6 Å². The van der Waals surface area contributed by atoms with Gasteiger partial charge in [-0.05, 0) is 49.5 Å². The molecule has 11 heteroatoms. The zero-order valence-electron chi connectivity index (χ0n) is 19.6. The van der Waals surface area contributed by atoms with Gasteiger partial charge >= 0.3 is 5.91 Å². The molecule has 0 radical (unpaired) electrons. The van der Waals surface area contributed by atoms with Crippen LogP contribution in [0.3, 0.4) is 0 Å². The van der Waals surface area contributed by atoms with Crippen molar-refractivity contribution in [3.8, 4) is 11.6 Å². The summed E-state index contributed by atoms with van der Waals surface area (Å²) in [6.45, 7) is 5.22. The van der Waals surface area contributed by atoms with Crippen LogP contribution < -0.4 is 10.1 Å². The van der Waals surface area contributed by atoms with Crippen LogP contribution in [-0.4, -0.2) is 71.1 Å². The summed E-state index contributed by atoms with van der Waals surface area (Å²) in [6, 6.07) is 11.9. The van der Waals surface area contributed by atoms with E-state index in [1.165, 1.54) is 6.92 Å². The number of azo groups is 1. The molecule has 1 aromatic heterocycles. The third-order valence-electron chi connectivity index (χ3n) is 5.71. The Morgan fingerprint density at radius 3 is 2.51 bits per heavy atom. The molecule has 0 atom stereocenters. The van der Waals surface area contributed by atoms with Gasteiger partial charge in [-0.25, -0.2) is 0 Å². The summed E-state index contributed by atoms with van der Waals surface area (Å²) in [4.78, 5) is 27.9. The highest BCUT2D eigenvalue weighted by molar-refractivity contribution is 6.31. The fourth-order valence-electron chi connectivity index (χ4n) is 3.84. The second-order valence-electron chi connectivity index (χ2n) is 8.41. The van der Waals surface area contributed by atoms with Crippen molar-refractivity contribution in [2.45, 2.75) is 13.6 Å². The summed E-state index contributed by atoms with van der Waals surface area (Å²) in [5.74, 6) is -0.422. The molecule has 0 spiro atoms. The Hall–Kier alpha value is -3.47. The topological polar surface area (TPSA) is 112 Å². The van der Waals surface area contributed by atoms with Gasteiger partial charge < -0.3 is 20.1 Å². The molecular weight excluding hydrogens is 472 g/mol. The smallest absolute Gasteiger partial charge is 0.302 e. The Kier molecular flexibility index (Phi) is 7.64. The van der Waals surface area contributed by atoms with E-state index in [2.05, 4.69) is 32.4 Å². The fraction of sp³-hybridized carbons (Fsp3) is 0.333. The van der Waals surface area contributed by atoms with Crippen molar-refractivity contribution in [2.24, 2.45) is 10.2 Å². The highest BCUT2D eigenvalue weighted by atomic mass is 35.5. The first-order chi connectivity index (χ1) is 16.8. The normalized spacial score (nSPS) is 15.1. The first-order valence-corrected chi connectivity index (χ1v) is 11.5. The molecule has 0 unspecified atom stereocenters. The summed E-state index contributed by atoms with van der Waals surface area (Å²) < 4.78 is 7.20. The number of nitrogens with zero attached hydrogens (tertiary/aromatic N) is 5. The van der Waals surface area contributed by atoms with E-state index in [4.69, 9.17) is 16.3 Å². The molecule has 1 fully saturated rings. The fourth-order valence-corrected chi connectivity index (χ4v) is 4.02. The van der Waals surface area contributed by atoms with E-state index in [0.717, 1.165) is 31.7 Å². The second-order valence-corrected chi connectivity index (χ2v) is 8.85. The number of ether oxygens (including phenoxy) is 1. The van der Waals surface area contributed by atoms with Gasteiger partial charge in [-0.15, -0.1) is 10.2 Å². The summed E-state index contributed by atoms with van der Waals surface area (Å²) in [5.41, 5.74) is 1.56. The minimum absolute atomic E-state index is 0.0766. The van der Waals surface area contributed by atoms with Gasteiger partial charge in [0.25, 0.3) is 0 Å². The number of hydrogen-bond acceptors (Lipinski definition) is 7. The van der Waals surface area contributed by atoms with Crippen molar-refractivity contribution in [1.82, 2.24) is 14.4 Å². The number of carbonyl (C=O) groups is 2. The second kappa shape index (κ2) is 10.9. The van der Waals surface area contributed by atoms with Crippen molar-refractivity contribution in [2.75, 3.05) is 45.2 Å². The minimum Gasteiger partial charge on any atom is -0.493 e. The molecule has 3 aromatic rings. The van der Waals surface area contributed by atoms with Gasteiger partial charge in [-0.1, -0.05) is 11.6 Å². The monoisotopic (exact) mass is 498 g/mol. The number of fused-ring (bicyclic) bond motifs is 1. The summed E-state index contributed by atoms with van der Waals surface area (Å²) in [6.07, 6.45) is 0. The Labute approximate surface area is 207 Å². The number of likely N-dealkylation sites (N-methyl/N-ethyl adjacent to an activating group) is 1. The molecule has 0 bridgehead atoms. The quantitative estimate of drug-likeness (QED) is 0.478. The maximum atomic E-state index is 12.3. The zero-order chi connectivity index (χ0) is 24.9. The lowest BCUT2D eigenvalue weighted by Gasteiger charge is -2.32. The molecule has 2 heterocycles. The maximum Gasteiger partial charge on any atom is 0.302 e. The van der Waals surface area contributed by atoms with Gasteiger partial charge in [-0.3, -0.25) is 19.1 Å². The Balaban J connectivity index is 1.47. The molecule has 4 rings (SSSR count). The standard InChI is InChI=1S/C24H27ClN6O4/c1-16(32)26-18-4-6-19(7-5-18)35-14-22(33)27-28-23-20-13-17(25)3-8-21(20)31(24(23)34)15-30-11-9-29(2)10-12-30/h3-8,13,34H,9-12,14-15H2,1-2H3,(H,26,32). The van der Waals surface area contributed by atoms with Crippen LogP contribution in [0.4, 0.5) is 11.4 Å². The molecule has 0 aliphatic carbocycles. The van der Waals surface area contributed by atoms with Crippen LogP contribution in [0.1, 0.15) is 6.92 Å². The van der Waals surface area contributed by atoms with E-state index in [-0.39, 0.29) is 24.1 Å². The van der Waals surface area contributed by atoms with E-state index in [1.807, 2.05) is 6.07 Å². The van der Waals surface area contributed by atoms with E-state index in [0.29, 0.717) is 28.5 Å². The van der Waals surface area contributed by atoms with E-state index in [1.54, 1.807) is 41.0 Å². The summed E-state index contributed by atoms with van der Waals surface area (Å²) >= 11 is 6.19. The molecule has 2 N–H and O–H groups in total. The molecule has 2 aromatic carbocycles. The van der Waals surface area contributed by atoms with Crippen LogP contribution in [-0.2, 0) is 16.3 Å². The van der Waals surface area contributed by atoms with Gasteiger partial charge in [-0.2, -0.15) is 0 Å². The highest BCUT2D eigenvalue weighted by Crippen LogP contribution is 2.40. The third-order valence-corrected chi connectivity index (χ3v) is 5.94. The van der Waals surface area contributed by atoms with Crippen LogP contribution >= 0.6 is 11.6 Å². The number of nitrogens with one attached hydrogen (secondary N) is 1. The molecule has 0 saturated carbocycles. The number of halogens is 1. The lowest BCUT2D eigenvalue weighted by Crippen LogP contribution is -2.44. The van der Waals surface area contributed by atoms with Gasteiger partial charge in [0.1, 0.15) is 5.75 Å². The van der Waals surface area contributed by atoms with Crippen molar-refractivity contribution >= 4 is 45.7 Å². The number of aromatic hydroxyl groups is 1. The van der Waals surface area contributed by atoms with Gasteiger partial charge in [0.2, 0.25) is 11.8 Å². The summed E-state index contributed by atoms with van der Waals surface area (Å²) in [7, 11) is 2.09. The first-order valence-electron chi connectivity index (χ1n) is 11.2. The zero-order valence-corrected chi connectivity index (χ0v) is 20.3. The van der Waals surface area contributed by atoms with Crippen molar-refractivity contribution in [3.63, 3.8) is 0 Å². The number of benzene rings is 2. The van der Waals surface area contributed by atoms with Gasteiger partial charge in [0, 0.05) is 49.2 Å². The number of hydrogen-bond donors (Lipinski definition) is 2. The van der Waals surface area contributed by atoms with E-state index in [9.17, 15) is 14.7 Å².